The summed E-state index contributed by atoms with van der Waals surface area (Å²) in [5.74, 6) is -0.555. The first-order valence-corrected chi connectivity index (χ1v) is 6.66. The highest BCUT2D eigenvalue weighted by molar-refractivity contribution is 5.92. The molecule has 0 bridgehead atoms. The maximum absolute atomic E-state index is 12.2. The van der Waals surface area contributed by atoms with Gasteiger partial charge in [0.25, 0.3) is 5.91 Å². The molecule has 0 spiro atoms. The number of nitrogens with zero attached hydrogens (tertiary/aromatic N) is 1. The second-order valence-corrected chi connectivity index (χ2v) is 4.83. The van der Waals surface area contributed by atoms with Gasteiger partial charge in [-0.25, -0.2) is 4.79 Å². The van der Waals surface area contributed by atoms with Crippen molar-refractivity contribution in [1.82, 2.24) is 20.2 Å². The van der Waals surface area contributed by atoms with Crippen LogP contribution in [-0.4, -0.2) is 52.9 Å². The van der Waals surface area contributed by atoms with E-state index in [1.54, 1.807) is 4.90 Å². The van der Waals surface area contributed by atoms with Crippen molar-refractivity contribution in [2.45, 2.75) is 12.8 Å². The number of hydrogen-bond acceptors (Lipinski definition) is 4. The van der Waals surface area contributed by atoms with E-state index >= 15 is 0 Å². The summed E-state index contributed by atoms with van der Waals surface area (Å²) in [7, 11) is 0. The fourth-order valence-corrected chi connectivity index (χ4v) is 2.33. The Morgan fingerprint density at radius 2 is 2.30 bits per heavy atom. The average molecular weight is 281 g/mol. The molecule has 0 radical (unpaired) electrons. The summed E-state index contributed by atoms with van der Waals surface area (Å²) in [6.07, 6.45) is 2.87. The van der Waals surface area contributed by atoms with Crippen molar-refractivity contribution in [1.29, 1.82) is 0 Å². The molecule has 1 aromatic heterocycles. The summed E-state index contributed by atoms with van der Waals surface area (Å²) >= 11 is 0. The molecule has 20 heavy (non-hydrogen) atoms. The zero-order valence-electron chi connectivity index (χ0n) is 11.1. The van der Waals surface area contributed by atoms with Crippen LogP contribution in [0, 0.1) is 5.92 Å². The van der Waals surface area contributed by atoms with Gasteiger partial charge in [0.2, 0.25) is 5.91 Å². The molecule has 1 fully saturated rings. The van der Waals surface area contributed by atoms with E-state index in [1.165, 1.54) is 6.20 Å². The van der Waals surface area contributed by atoms with Gasteiger partial charge in [0, 0.05) is 32.4 Å². The SMILES string of the molecule is NCCNC(=O)C1CCCN(C(=O)c2c[nH]c(=O)[nH]2)C1. The summed E-state index contributed by atoms with van der Waals surface area (Å²) in [4.78, 5) is 41.5. The number of nitrogens with two attached hydrogens (primary N) is 1. The van der Waals surface area contributed by atoms with Gasteiger partial charge in [-0.2, -0.15) is 0 Å². The molecule has 110 valence electrons. The molecule has 8 nitrogen and oxygen atoms in total. The van der Waals surface area contributed by atoms with Crippen LogP contribution in [0.25, 0.3) is 0 Å². The lowest BCUT2D eigenvalue weighted by Crippen LogP contribution is -2.46. The zero-order chi connectivity index (χ0) is 14.5. The lowest BCUT2D eigenvalue weighted by molar-refractivity contribution is -0.126. The molecule has 1 aliphatic heterocycles. The van der Waals surface area contributed by atoms with Crippen LogP contribution in [0.15, 0.2) is 11.0 Å². The Morgan fingerprint density at radius 1 is 1.50 bits per heavy atom. The fourth-order valence-electron chi connectivity index (χ4n) is 2.33. The molecule has 1 unspecified atom stereocenters. The molecule has 8 heteroatoms. The summed E-state index contributed by atoms with van der Waals surface area (Å²) in [5, 5.41) is 2.74. The Morgan fingerprint density at radius 3 is 2.95 bits per heavy atom. The van der Waals surface area contributed by atoms with Crippen molar-refractivity contribution in [2.24, 2.45) is 11.7 Å². The van der Waals surface area contributed by atoms with E-state index in [0.29, 0.717) is 26.2 Å². The monoisotopic (exact) mass is 281 g/mol. The van der Waals surface area contributed by atoms with Gasteiger partial charge in [-0.1, -0.05) is 0 Å². The number of carbonyl (C=O) groups is 2. The standard InChI is InChI=1S/C12H19N5O3/c13-3-4-14-10(18)8-2-1-5-17(7-8)11(19)9-6-15-12(20)16-9/h6,8H,1-5,7,13H2,(H,14,18)(H2,15,16,20). The minimum atomic E-state index is -0.414. The Hall–Kier alpha value is -2.09. The molecule has 1 aromatic rings. The maximum atomic E-state index is 12.2. The van der Waals surface area contributed by atoms with Crippen molar-refractivity contribution in [3.8, 4) is 0 Å². The lowest BCUT2D eigenvalue weighted by atomic mass is 9.97. The number of aromatic amines is 2. The Bertz CT molecular complexity index is 535. The fraction of sp³-hybridized carbons (Fsp3) is 0.583. The van der Waals surface area contributed by atoms with Crippen LogP contribution in [-0.2, 0) is 4.79 Å². The zero-order valence-corrected chi connectivity index (χ0v) is 11.1. The van der Waals surface area contributed by atoms with Crippen LogP contribution in [0.3, 0.4) is 0 Å². The van der Waals surface area contributed by atoms with E-state index in [4.69, 9.17) is 5.73 Å². The van der Waals surface area contributed by atoms with Crippen LogP contribution in [0.5, 0.6) is 0 Å². The first-order chi connectivity index (χ1) is 9.61. The van der Waals surface area contributed by atoms with E-state index in [2.05, 4.69) is 15.3 Å². The number of carbonyl (C=O) groups excluding carboxylic acids is 2. The van der Waals surface area contributed by atoms with E-state index in [9.17, 15) is 14.4 Å². The van der Waals surface area contributed by atoms with Gasteiger partial charge in [-0.15, -0.1) is 0 Å². The van der Waals surface area contributed by atoms with Crippen LogP contribution in [0.1, 0.15) is 23.3 Å². The molecule has 0 aromatic carbocycles. The van der Waals surface area contributed by atoms with E-state index < -0.39 is 5.69 Å². The third-order valence-electron chi connectivity index (χ3n) is 3.35. The molecule has 0 aliphatic carbocycles. The van der Waals surface area contributed by atoms with Crippen molar-refractivity contribution < 1.29 is 9.59 Å². The third-order valence-corrected chi connectivity index (χ3v) is 3.35. The van der Waals surface area contributed by atoms with Gasteiger partial charge in [-0.05, 0) is 12.8 Å². The highest BCUT2D eigenvalue weighted by Crippen LogP contribution is 2.18. The normalized spacial score (nSPS) is 18.9. The quantitative estimate of drug-likeness (QED) is 0.543. The second-order valence-electron chi connectivity index (χ2n) is 4.83. The number of hydrogen-bond donors (Lipinski definition) is 4. The lowest BCUT2D eigenvalue weighted by Gasteiger charge is -2.31. The number of rotatable bonds is 4. The average Bonchev–Trinajstić information content (AvgIpc) is 2.90. The minimum Gasteiger partial charge on any atom is -0.355 e. The van der Waals surface area contributed by atoms with Gasteiger partial charge in [0.15, 0.2) is 0 Å². The summed E-state index contributed by atoms with van der Waals surface area (Å²) < 4.78 is 0. The van der Waals surface area contributed by atoms with Crippen molar-refractivity contribution in [3.63, 3.8) is 0 Å². The van der Waals surface area contributed by atoms with Crippen LogP contribution < -0.4 is 16.7 Å². The molecular weight excluding hydrogens is 262 g/mol. The van der Waals surface area contributed by atoms with Gasteiger partial charge >= 0.3 is 5.69 Å². The first-order valence-electron chi connectivity index (χ1n) is 6.66. The molecule has 1 aliphatic rings. The van der Waals surface area contributed by atoms with Gasteiger partial charge < -0.3 is 25.9 Å². The number of nitrogens with one attached hydrogen (secondary N) is 3. The van der Waals surface area contributed by atoms with Crippen molar-refractivity contribution in [3.05, 3.63) is 22.4 Å². The summed E-state index contributed by atoms with van der Waals surface area (Å²) in [6.45, 7) is 1.79. The van der Waals surface area contributed by atoms with Crippen LogP contribution >= 0.6 is 0 Å². The number of H-pyrrole nitrogens is 2. The van der Waals surface area contributed by atoms with E-state index in [0.717, 1.165) is 12.8 Å². The molecule has 1 saturated heterocycles. The van der Waals surface area contributed by atoms with Gasteiger partial charge in [0.1, 0.15) is 5.69 Å². The highest BCUT2D eigenvalue weighted by atomic mass is 16.2. The minimum absolute atomic E-state index is 0.0736. The van der Waals surface area contributed by atoms with Crippen LogP contribution in [0.2, 0.25) is 0 Å². The third kappa shape index (κ3) is 3.27. The van der Waals surface area contributed by atoms with Gasteiger partial charge in [-0.3, -0.25) is 9.59 Å². The summed E-state index contributed by atoms with van der Waals surface area (Å²) in [5.41, 5.74) is 5.15. The Balaban J connectivity index is 1.98. The maximum Gasteiger partial charge on any atom is 0.323 e. The second kappa shape index (κ2) is 6.38. The number of piperidine rings is 1. The molecular formula is C12H19N5O3. The number of imidazole rings is 1. The first kappa shape index (κ1) is 14.3. The largest absolute Gasteiger partial charge is 0.355 e. The number of likely N-dealkylation sites (tertiary alicyclic amines) is 1. The molecule has 2 heterocycles. The topological polar surface area (TPSA) is 124 Å². The predicted octanol–water partition coefficient (Wildman–Crippen LogP) is -1.37. The summed E-state index contributed by atoms with van der Waals surface area (Å²) in [6, 6.07) is 0. The van der Waals surface area contributed by atoms with Crippen LogP contribution in [0.4, 0.5) is 0 Å². The predicted molar refractivity (Wildman–Crippen MR) is 72.1 cm³/mol. The Kier molecular flexibility index (Phi) is 4.57. The smallest absolute Gasteiger partial charge is 0.323 e. The molecule has 5 N–H and O–H groups in total. The van der Waals surface area contributed by atoms with Gasteiger partial charge in [0.05, 0.1) is 5.92 Å². The molecule has 0 saturated carbocycles. The molecule has 2 amide bonds. The number of amides is 2. The van der Waals surface area contributed by atoms with Crippen molar-refractivity contribution >= 4 is 11.8 Å². The van der Waals surface area contributed by atoms with E-state index in [-0.39, 0.29) is 23.4 Å². The van der Waals surface area contributed by atoms with E-state index in [1.807, 2.05) is 0 Å². The number of aromatic nitrogens is 2. The Labute approximate surface area is 115 Å². The highest BCUT2D eigenvalue weighted by Gasteiger charge is 2.29. The molecule has 2 rings (SSSR count). The van der Waals surface area contributed by atoms with Crippen molar-refractivity contribution in [2.75, 3.05) is 26.2 Å². The molecule has 1 atom stereocenters.